The lowest BCUT2D eigenvalue weighted by Gasteiger charge is -2.16. The van der Waals surface area contributed by atoms with Gasteiger partial charge in [-0.2, -0.15) is 0 Å². The van der Waals surface area contributed by atoms with Crippen LogP contribution < -0.4 is 9.47 Å². The van der Waals surface area contributed by atoms with Crippen LogP contribution in [0.2, 0.25) is 5.02 Å². The Morgan fingerprint density at radius 3 is 2.71 bits per heavy atom. The molecule has 1 N–H and O–H groups in total. The maximum atomic E-state index is 10.9. The number of aryl methyl sites for hydroxylation is 3. The Hall–Kier alpha value is -2.73. The molecule has 0 atom stereocenters. The molecule has 6 nitrogen and oxygen atoms in total. The molecule has 1 saturated carbocycles. The molecular weight excluding hydrogens is 418 g/mol. The minimum absolute atomic E-state index is 0.0150. The first-order chi connectivity index (χ1) is 15.0. The van der Waals surface area contributed by atoms with Gasteiger partial charge in [0.05, 0.1) is 13.2 Å². The van der Waals surface area contributed by atoms with E-state index in [-0.39, 0.29) is 12.5 Å². The van der Waals surface area contributed by atoms with E-state index in [1.807, 2.05) is 18.2 Å². The van der Waals surface area contributed by atoms with Gasteiger partial charge in [-0.15, -0.1) is 0 Å². The summed E-state index contributed by atoms with van der Waals surface area (Å²) in [5.41, 5.74) is 3.14. The van der Waals surface area contributed by atoms with Crippen molar-refractivity contribution < 1.29 is 23.8 Å². The zero-order valence-corrected chi connectivity index (χ0v) is 18.3. The van der Waals surface area contributed by atoms with Crippen LogP contribution in [0.1, 0.15) is 49.1 Å². The van der Waals surface area contributed by atoms with Crippen molar-refractivity contribution in [1.29, 1.82) is 0 Å². The van der Waals surface area contributed by atoms with Crippen LogP contribution in [-0.4, -0.2) is 29.3 Å². The standard InChI is InChI=1S/C24H26ClNO5/c1-29-20-9-6-15(12-21(20)30-18-4-2-3-5-18)7-10-22-26-19-14-17(25)13-16(24(19)31-22)8-11-23(27)28/h6,9,12-14,18H,2-5,7-8,10-11H2,1H3,(H,27,28). The van der Waals surface area contributed by atoms with Crippen molar-refractivity contribution in [2.45, 2.75) is 57.5 Å². The third-order valence-electron chi connectivity index (χ3n) is 5.64. The molecule has 2 aromatic carbocycles. The SMILES string of the molecule is COc1ccc(CCc2nc3cc(Cl)cc(CCC(=O)O)c3o2)cc1OC1CCCC1. The smallest absolute Gasteiger partial charge is 0.303 e. The number of hydrogen-bond donors (Lipinski definition) is 1. The number of oxazole rings is 1. The fourth-order valence-corrected chi connectivity index (χ4v) is 4.29. The number of rotatable bonds is 9. The number of ether oxygens (including phenoxy) is 2. The first kappa shape index (κ1) is 21.5. The van der Waals surface area contributed by atoms with Crippen LogP contribution in [0.4, 0.5) is 0 Å². The minimum atomic E-state index is -0.858. The number of methoxy groups -OCH3 is 1. The third-order valence-corrected chi connectivity index (χ3v) is 5.85. The lowest BCUT2D eigenvalue weighted by Crippen LogP contribution is -2.11. The Morgan fingerprint density at radius 1 is 1.16 bits per heavy atom. The van der Waals surface area contributed by atoms with Crippen molar-refractivity contribution in [2.24, 2.45) is 0 Å². The molecule has 1 aliphatic rings. The van der Waals surface area contributed by atoms with Crippen LogP contribution >= 0.6 is 11.6 Å². The van der Waals surface area contributed by atoms with E-state index in [1.165, 1.54) is 12.8 Å². The highest BCUT2D eigenvalue weighted by atomic mass is 35.5. The van der Waals surface area contributed by atoms with Gasteiger partial charge in [-0.3, -0.25) is 4.79 Å². The first-order valence-corrected chi connectivity index (χ1v) is 11.0. The van der Waals surface area contributed by atoms with E-state index >= 15 is 0 Å². The van der Waals surface area contributed by atoms with Gasteiger partial charge >= 0.3 is 5.97 Å². The average molecular weight is 444 g/mol. The molecule has 0 aliphatic heterocycles. The van der Waals surface area contributed by atoms with E-state index in [0.29, 0.717) is 34.9 Å². The van der Waals surface area contributed by atoms with Crippen molar-refractivity contribution in [1.82, 2.24) is 4.98 Å². The maximum absolute atomic E-state index is 10.9. The zero-order chi connectivity index (χ0) is 21.8. The molecule has 164 valence electrons. The van der Waals surface area contributed by atoms with E-state index in [9.17, 15) is 4.79 Å². The van der Waals surface area contributed by atoms with Crippen molar-refractivity contribution in [3.05, 3.63) is 52.4 Å². The van der Waals surface area contributed by atoms with Crippen molar-refractivity contribution in [2.75, 3.05) is 7.11 Å². The van der Waals surface area contributed by atoms with Crippen LogP contribution in [0.5, 0.6) is 11.5 Å². The number of aromatic nitrogens is 1. The number of fused-ring (bicyclic) bond motifs is 1. The van der Waals surface area contributed by atoms with E-state index in [1.54, 1.807) is 19.2 Å². The molecule has 3 aromatic rings. The number of carboxylic acids is 1. The number of carboxylic acid groups (broad SMARTS) is 1. The van der Waals surface area contributed by atoms with E-state index in [2.05, 4.69) is 4.98 Å². The Balaban J connectivity index is 1.49. The first-order valence-electron chi connectivity index (χ1n) is 10.6. The van der Waals surface area contributed by atoms with Crippen LogP contribution in [0.25, 0.3) is 11.1 Å². The summed E-state index contributed by atoms with van der Waals surface area (Å²) in [6.07, 6.45) is 6.56. The van der Waals surface area contributed by atoms with Crippen LogP contribution in [0.15, 0.2) is 34.7 Å². The molecule has 7 heteroatoms. The van der Waals surface area contributed by atoms with Crippen molar-refractivity contribution in [3.8, 4) is 11.5 Å². The predicted molar refractivity (Wildman–Crippen MR) is 118 cm³/mol. The molecular formula is C24H26ClNO5. The molecule has 31 heavy (non-hydrogen) atoms. The molecule has 4 rings (SSSR count). The zero-order valence-electron chi connectivity index (χ0n) is 17.5. The molecule has 1 heterocycles. The summed E-state index contributed by atoms with van der Waals surface area (Å²) >= 11 is 6.18. The minimum Gasteiger partial charge on any atom is -0.493 e. The number of benzene rings is 2. The van der Waals surface area contributed by atoms with Gasteiger partial charge in [0.25, 0.3) is 0 Å². The third kappa shape index (κ3) is 5.31. The fraction of sp³-hybridized carbons (Fsp3) is 0.417. The Bertz CT molecular complexity index is 1070. The lowest BCUT2D eigenvalue weighted by molar-refractivity contribution is -0.136. The highest BCUT2D eigenvalue weighted by Crippen LogP contribution is 2.33. The largest absolute Gasteiger partial charge is 0.493 e. The Labute approximate surface area is 186 Å². The van der Waals surface area contributed by atoms with Crippen molar-refractivity contribution >= 4 is 28.7 Å². The topological polar surface area (TPSA) is 81.8 Å². The predicted octanol–water partition coefficient (Wildman–Crippen LogP) is 5.61. The highest BCUT2D eigenvalue weighted by molar-refractivity contribution is 6.31. The van der Waals surface area contributed by atoms with E-state index < -0.39 is 5.97 Å². The molecule has 0 spiro atoms. The molecule has 0 unspecified atom stereocenters. The monoisotopic (exact) mass is 443 g/mol. The quantitative estimate of drug-likeness (QED) is 0.462. The molecule has 1 aromatic heterocycles. The van der Waals surface area contributed by atoms with Crippen molar-refractivity contribution in [3.63, 3.8) is 0 Å². The second-order valence-electron chi connectivity index (χ2n) is 7.92. The molecule has 1 aliphatic carbocycles. The van der Waals surface area contributed by atoms with Gasteiger partial charge in [0, 0.05) is 17.9 Å². The molecule has 0 saturated heterocycles. The van der Waals surface area contributed by atoms with E-state index in [0.717, 1.165) is 41.9 Å². The lowest BCUT2D eigenvalue weighted by atomic mass is 10.1. The number of nitrogens with zero attached hydrogens (tertiary/aromatic N) is 1. The fourth-order valence-electron chi connectivity index (χ4n) is 4.05. The summed E-state index contributed by atoms with van der Waals surface area (Å²) in [6, 6.07) is 9.50. The summed E-state index contributed by atoms with van der Waals surface area (Å²) < 4.78 is 17.6. The van der Waals surface area contributed by atoms with Crippen LogP contribution in [-0.2, 0) is 24.1 Å². The summed E-state index contributed by atoms with van der Waals surface area (Å²) in [6.45, 7) is 0. The summed E-state index contributed by atoms with van der Waals surface area (Å²) in [4.78, 5) is 15.5. The number of hydrogen-bond acceptors (Lipinski definition) is 5. The van der Waals surface area contributed by atoms with Gasteiger partial charge in [-0.05, 0) is 73.9 Å². The summed E-state index contributed by atoms with van der Waals surface area (Å²) in [5.74, 6) is 1.27. The Morgan fingerprint density at radius 2 is 1.97 bits per heavy atom. The van der Waals surface area contributed by atoms with Gasteiger partial charge in [0.15, 0.2) is 23.0 Å². The van der Waals surface area contributed by atoms with Crippen LogP contribution in [0.3, 0.4) is 0 Å². The molecule has 0 bridgehead atoms. The highest BCUT2D eigenvalue weighted by Gasteiger charge is 2.19. The van der Waals surface area contributed by atoms with E-state index in [4.69, 9.17) is 30.6 Å². The summed E-state index contributed by atoms with van der Waals surface area (Å²) in [5, 5.41) is 9.51. The normalized spacial score (nSPS) is 14.3. The molecule has 0 radical (unpaired) electrons. The number of halogens is 1. The average Bonchev–Trinajstić information content (AvgIpc) is 3.40. The maximum Gasteiger partial charge on any atom is 0.303 e. The second kappa shape index (κ2) is 9.60. The van der Waals surface area contributed by atoms with Crippen LogP contribution in [0, 0.1) is 0 Å². The summed E-state index contributed by atoms with van der Waals surface area (Å²) in [7, 11) is 1.65. The van der Waals surface area contributed by atoms with Gasteiger partial charge in [-0.1, -0.05) is 17.7 Å². The molecule has 1 fully saturated rings. The van der Waals surface area contributed by atoms with Gasteiger partial charge in [-0.25, -0.2) is 4.98 Å². The van der Waals surface area contributed by atoms with Gasteiger partial charge < -0.3 is 19.0 Å². The van der Waals surface area contributed by atoms with Gasteiger partial charge in [0.1, 0.15) is 5.52 Å². The van der Waals surface area contributed by atoms with Gasteiger partial charge in [0.2, 0.25) is 0 Å². The Kier molecular flexibility index (Phi) is 6.66. The second-order valence-corrected chi connectivity index (χ2v) is 8.36. The molecule has 0 amide bonds. The number of carbonyl (C=O) groups is 1. The number of aliphatic carboxylic acids is 1.